The second-order valence-electron chi connectivity index (χ2n) is 8.97. The highest BCUT2D eigenvalue weighted by atomic mass is 19.1. The van der Waals surface area contributed by atoms with Crippen molar-refractivity contribution in [2.45, 2.75) is 25.0 Å². The molecular formula is C28H26F2N2O3. The van der Waals surface area contributed by atoms with Crippen LogP contribution >= 0.6 is 0 Å². The molecule has 5 rings (SSSR count). The Morgan fingerprint density at radius 2 is 1.23 bits per heavy atom. The summed E-state index contributed by atoms with van der Waals surface area (Å²) in [4.78, 5) is 28.7. The molecule has 1 saturated heterocycles. The summed E-state index contributed by atoms with van der Waals surface area (Å²) in [5.41, 5.74) is 2.56. The molecule has 2 amide bonds. The molecule has 5 nitrogen and oxygen atoms in total. The molecule has 0 unspecified atom stereocenters. The average molecular weight is 477 g/mol. The second kappa shape index (κ2) is 10.1. The predicted octanol–water partition coefficient (Wildman–Crippen LogP) is 4.83. The number of ether oxygens (including phenoxy) is 1. The van der Waals surface area contributed by atoms with E-state index in [-0.39, 0.29) is 29.6 Å². The summed E-state index contributed by atoms with van der Waals surface area (Å²) in [7, 11) is 0. The van der Waals surface area contributed by atoms with Crippen LogP contribution in [0.1, 0.15) is 50.8 Å². The first kappa shape index (κ1) is 23.3. The second-order valence-corrected chi connectivity index (χ2v) is 8.97. The van der Waals surface area contributed by atoms with Crippen LogP contribution in [0.4, 0.5) is 8.78 Å². The lowest BCUT2D eigenvalue weighted by molar-refractivity contribution is -0.0275. The predicted molar refractivity (Wildman–Crippen MR) is 127 cm³/mol. The Balaban J connectivity index is 1.18. The fourth-order valence-corrected chi connectivity index (χ4v) is 4.77. The van der Waals surface area contributed by atoms with E-state index in [1.807, 2.05) is 0 Å². The van der Waals surface area contributed by atoms with E-state index in [1.54, 1.807) is 48.5 Å². The molecule has 2 aliphatic rings. The minimum absolute atomic E-state index is 0.0225. The Bertz CT molecular complexity index is 1130. The van der Waals surface area contributed by atoms with Crippen LogP contribution in [0, 0.1) is 11.6 Å². The smallest absolute Gasteiger partial charge is 0.261 e. The van der Waals surface area contributed by atoms with Gasteiger partial charge in [-0.25, -0.2) is 8.78 Å². The number of amides is 2. The Kier molecular flexibility index (Phi) is 6.70. The van der Waals surface area contributed by atoms with Crippen molar-refractivity contribution < 1.29 is 23.1 Å². The molecule has 2 heterocycles. The zero-order valence-electron chi connectivity index (χ0n) is 19.2. The van der Waals surface area contributed by atoms with Crippen molar-refractivity contribution in [3.8, 4) is 0 Å². The zero-order chi connectivity index (χ0) is 24.4. The molecule has 35 heavy (non-hydrogen) atoms. The van der Waals surface area contributed by atoms with E-state index in [0.29, 0.717) is 24.2 Å². The van der Waals surface area contributed by atoms with E-state index in [0.717, 1.165) is 37.1 Å². The quantitative estimate of drug-likeness (QED) is 0.459. The van der Waals surface area contributed by atoms with Crippen LogP contribution in [-0.2, 0) is 4.74 Å². The third kappa shape index (κ3) is 5.01. The van der Waals surface area contributed by atoms with Crippen molar-refractivity contribution in [3.63, 3.8) is 0 Å². The van der Waals surface area contributed by atoms with Gasteiger partial charge in [0.2, 0.25) is 0 Å². The number of carbonyl (C=O) groups excluding carboxylic acids is 2. The number of likely N-dealkylation sites (tertiary alicyclic amines) is 1. The molecule has 1 fully saturated rings. The molecule has 3 aromatic carbocycles. The Labute approximate surface area is 202 Å². The van der Waals surface area contributed by atoms with Crippen molar-refractivity contribution in [3.05, 3.63) is 107 Å². The molecule has 0 aromatic heterocycles. The van der Waals surface area contributed by atoms with Crippen molar-refractivity contribution in [2.24, 2.45) is 0 Å². The van der Waals surface area contributed by atoms with Crippen LogP contribution in [0.25, 0.3) is 0 Å². The van der Waals surface area contributed by atoms with Crippen LogP contribution < -0.4 is 0 Å². The lowest BCUT2D eigenvalue weighted by atomic mass is 10.00. The molecule has 0 saturated carbocycles. The van der Waals surface area contributed by atoms with Gasteiger partial charge in [-0.2, -0.15) is 0 Å². The number of imide groups is 1. The number of carbonyl (C=O) groups is 2. The Morgan fingerprint density at radius 1 is 0.743 bits per heavy atom. The minimum atomic E-state index is -0.425. The number of fused-ring (bicyclic) bond motifs is 1. The fraction of sp³-hybridized carbons (Fsp3) is 0.286. The third-order valence-corrected chi connectivity index (χ3v) is 6.73. The summed E-state index contributed by atoms with van der Waals surface area (Å²) in [5, 5.41) is 0. The fourth-order valence-electron chi connectivity index (χ4n) is 4.77. The number of hydrogen-bond acceptors (Lipinski definition) is 4. The van der Waals surface area contributed by atoms with Gasteiger partial charge in [0.25, 0.3) is 11.8 Å². The molecule has 0 aliphatic carbocycles. The van der Waals surface area contributed by atoms with Crippen LogP contribution in [-0.4, -0.2) is 53.9 Å². The highest BCUT2D eigenvalue weighted by Crippen LogP contribution is 2.31. The third-order valence-electron chi connectivity index (χ3n) is 6.73. The van der Waals surface area contributed by atoms with E-state index < -0.39 is 6.10 Å². The summed E-state index contributed by atoms with van der Waals surface area (Å²) in [6, 6.07) is 19.3. The van der Waals surface area contributed by atoms with Gasteiger partial charge >= 0.3 is 0 Å². The van der Waals surface area contributed by atoms with Crippen LogP contribution in [0.5, 0.6) is 0 Å². The molecule has 0 spiro atoms. The highest BCUT2D eigenvalue weighted by molar-refractivity contribution is 6.21. The maximum atomic E-state index is 13.5. The van der Waals surface area contributed by atoms with Crippen LogP contribution in [0.3, 0.4) is 0 Å². The number of rotatable bonds is 7. The van der Waals surface area contributed by atoms with Gasteiger partial charge in [0.05, 0.1) is 17.2 Å². The van der Waals surface area contributed by atoms with Gasteiger partial charge < -0.3 is 9.64 Å². The van der Waals surface area contributed by atoms with Gasteiger partial charge in [-0.1, -0.05) is 36.4 Å². The molecule has 7 heteroatoms. The first-order valence-corrected chi connectivity index (χ1v) is 11.8. The molecule has 180 valence electrons. The number of halogens is 2. The largest absolute Gasteiger partial charge is 0.365 e. The van der Waals surface area contributed by atoms with Gasteiger partial charge in [-0.3, -0.25) is 14.5 Å². The molecule has 0 N–H and O–H groups in total. The lowest BCUT2D eigenvalue weighted by Crippen LogP contribution is -2.43. The Hall–Kier alpha value is -3.42. The van der Waals surface area contributed by atoms with Crippen molar-refractivity contribution in [1.29, 1.82) is 0 Å². The van der Waals surface area contributed by atoms with Gasteiger partial charge in [0.15, 0.2) is 0 Å². The maximum absolute atomic E-state index is 13.5. The lowest BCUT2D eigenvalue weighted by Gasteiger charge is -2.34. The molecule has 2 aliphatic heterocycles. The van der Waals surface area contributed by atoms with E-state index >= 15 is 0 Å². The summed E-state index contributed by atoms with van der Waals surface area (Å²) in [5.74, 6) is -1.11. The summed E-state index contributed by atoms with van der Waals surface area (Å²) in [6.45, 7) is 2.50. The van der Waals surface area contributed by atoms with Crippen molar-refractivity contribution >= 4 is 11.8 Å². The minimum Gasteiger partial charge on any atom is -0.365 e. The van der Waals surface area contributed by atoms with Crippen molar-refractivity contribution in [2.75, 3.05) is 26.2 Å². The average Bonchev–Trinajstić information content (AvgIpc) is 3.13. The highest BCUT2D eigenvalue weighted by Gasteiger charge is 2.35. The van der Waals surface area contributed by atoms with E-state index in [2.05, 4.69) is 4.90 Å². The van der Waals surface area contributed by atoms with E-state index in [4.69, 9.17) is 4.74 Å². The number of piperidine rings is 1. The van der Waals surface area contributed by atoms with E-state index in [1.165, 1.54) is 29.2 Å². The van der Waals surface area contributed by atoms with Gasteiger partial charge in [0.1, 0.15) is 17.7 Å². The summed E-state index contributed by atoms with van der Waals surface area (Å²) in [6.07, 6.45) is 1.11. The topological polar surface area (TPSA) is 49.9 Å². The molecule has 3 aromatic rings. The first-order valence-electron chi connectivity index (χ1n) is 11.8. The van der Waals surface area contributed by atoms with Crippen LogP contribution in [0.15, 0.2) is 72.8 Å². The molecule has 0 radical (unpaired) electrons. The number of hydrogen-bond donors (Lipinski definition) is 0. The molecule has 0 bridgehead atoms. The Morgan fingerprint density at radius 3 is 1.71 bits per heavy atom. The van der Waals surface area contributed by atoms with Gasteiger partial charge in [0, 0.05) is 26.2 Å². The molecular weight excluding hydrogens is 450 g/mol. The molecule has 0 atom stereocenters. The summed E-state index contributed by atoms with van der Waals surface area (Å²) >= 11 is 0. The SMILES string of the molecule is O=C1c2ccccc2C(=O)N1CCN1CCC(OC(c2ccc(F)cc2)c2ccc(F)cc2)CC1. The number of nitrogens with zero attached hydrogens (tertiary/aromatic N) is 2. The van der Waals surface area contributed by atoms with Gasteiger partial charge in [-0.05, 0) is 60.4 Å². The maximum Gasteiger partial charge on any atom is 0.261 e. The number of benzene rings is 3. The standard InChI is InChI=1S/C28H26F2N2O3/c29-21-9-5-19(6-10-21)26(20-7-11-22(30)12-8-20)35-23-13-15-31(16-14-23)17-18-32-27(33)24-3-1-2-4-25(24)28(32)34/h1-12,23,26H,13-18H2. The monoisotopic (exact) mass is 476 g/mol. The zero-order valence-corrected chi connectivity index (χ0v) is 19.2. The summed E-state index contributed by atoms with van der Waals surface area (Å²) < 4.78 is 33.4. The van der Waals surface area contributed by atoms with Crippen molar-refractivity contribution in [1.82, 2.24) is 9.80 Å². The van der Waals surface area contributed by atoms with Gasteiger partial charge in [-0.15, -0.1) is 0 Å². The normalized spacial score (nSPS) is 16.8. The van der Waals surface area contributed by atoms with E-state index in [9.17, 15) is 18.4 Å². The van der Waals surface area contributed by atoms with Crippen LogP contribution in [0.2, 0.25) is 0 Å². The first-order chi connectivity index (χ1) is 17.0.